The number of hydrogen-bond acceptors (Lipinski definition) is 10. The summed E-state index contributed by atoms with van der Waals surface area (Å²) in [5.41, 5.74) is -1.59. The smallest absolute Gasteiger partial charge is 0.407 e. The number of carbonyl (C=O) groups excluding carboxylic acids is 4. The molecule has 2 saturated heterocycles. The van der Waals surface area contributed by atoms with Crippen molar-refractivity contribution in [2.75, 3.05) is 65.8 Å². The summed E-state index contributed by atoms with van der Waals surface area (Å²) >= 11 is 0. The molecule has 0 spiro atoms. The van der Waals surface area contributed by atoms with Crippen LogP contribution in [-0.2, 0) is 23.8 Å². The Morgan fingerprint density at radius 3 is 2.63 bits per heavy atom. The second-order valence-electron chi connectivity index (χ2n) is 12.7. The number of hydrogen-bond donors (Lipinski definition) is 5. The van der Waals surface area contributed by atoms with Crippen LogP contribution in [0, 0.1) is 17.6 Å². The minimum Gasteiger partial charge on any atom is -0.447 e. The lowest BCUT2D eigenvalue weighted by molar-refractivity contribution is -0.137. The fraction of sp³-hybridized carbons (Fsp3) is 0.545. The summed E-state index contributed by atoms with van der Waals surface area (Å²) in [6, 6.07) is 0.319. The van der Waals surface area contributed by atoms with E-state index >= 15 is 0 Å². The zero-order valence-electron chi connectivity index (χ0n) is 28.0. The first kappa shape index (κ1) is 37.7. The molecule has 0 saturated carbocycles. The number of benzene rings is 1. The summed E-state index contributed by atoms with van der Waals surface area (Å²) in [7, 11) is 0. The van der Waals surface area contributed by atoms with Gasteiger partial charge in [0.15, 0.2) is 0 Å². The first-order valence-electron chi connectivity index (χ1n) is 16.7. The number of alkyl carbamates (subject to hydrolysis) is 1. The summed E-state index contributed by atoms with van der Waals surface area (Å²) in [4.78, 5) is 59.1. The number of imide groups is 1. The van der Waals surface area contributed by atoms with E-state index in [1.165, 1.54) is 23.2 Å². The van der Waals surface area contributed by atoms with E-state index in [2.05, 4.69) is 25.9 Å². The van der Waals surface area contributed by atoms with E-state index in [-0.39, 0.29) is 95.7 Å². The van der Waals surface area contributed by atoms with Gasteiger partial charge in [-0.1, -0.05) is 0 Å². The van der Waals surface area contributed by atoms with Crippen LogP contribution < -0.4 is 16.0 Å². The third-order valence-corrected chi connectivity index (χ3v) is 8.91. The SMILES string of the molecule is CC(COC(=O)NCCOCCN1C(=O)C=CC1=O)NC(=O)N(CC1CNCC1F)C(c1ncc(-c2cc(F)ccc2F)[nH]1)C1(O)CCOCC1. The van der Waals surface area contributed by atoms with Gasteiger partial charge in [0.2, 0.25) is 0 Å². The molecule has 5 rings (SSSR count). The molecular weight excluding hydrogens is 679 g/mol. The van der Waals surface area contributed by atoms with Gasteiger partial charge in [-0.15, -0.1) is 0 Å². The summed E-state index contributed by atoms with van der Waals surface area (Å²) in [6.45, 7) is 2.22. The maximum absolute atomic E-state index is 15.0. The molecule has 1 aromatic carbocycles. The number of halogens is 3. The van der Waals surface area contributed by atoms with Crippen molar-refractivity contribution in [1.82, 2.24) is 35.7 Å². The highest BCUT2D eigenvalue weighted by molar-refractivity contribution is 6.12. The number of aromatic nitrogens is 2. The fourth-order valence-electron chi connectivity index (χ4n) is 6.17. The molecule has 2 fully saturated rings. The maximum Gasteiger partial charge on any atom is 0.407 e. The minimum atomic E-state index is -1.60. The Hall–Kier alpha value is -4.52. The fourth-order valence-corrected chi connectivity index (χ4v) is 6.17. The van der Waals surface area contributed by atoms with Crippen LogP contribution >= 0.6 is 0 Å². The molecule has 18 heteroatoms. The van der Waals surface area contributed by atoms with Crippen LogP contribution in [0.5, 0.6) is 0 Å². The number of aliphatic hydroxyl groups is 1. The number of aromatic amines is 1. The average Bonchev–Trinajstić information content (AvgIpc) is 3.83. The van der Waals surface area contributed by atoms with E-state index < -0.39 is 65.3 Å². The van der Waals surface area contributed by atoms with Crippen molar-refractivity contribution < 1.29 is 51.7 Å². The van der Waals surface area contributed by atoms with Crippen molar-refractivity contribution in [1.29, 1.82) is 0 Å². The average molecular weight is 722 g/mol. The molecule has 3 aliphatic heterocycles. The molecule has 51 heavy (non-hydrogen) atoms. The Morgan fingerprint density at radius 1 is 1.18 bits per heavy atom. The monoisotopic (exact) mass is 721 g/mol. The van der Waals surface area contributed by atoms with Gasteiger partial charge in [-0.2, -0.15) is 0 Å². The molecule has 15 nitrogen and oxygen atoms in total. The number of ether oxygens (including phenoxy) is 3. The highest BCUT2D eigenvalue weighted by atomic mass is 19.1. The zero-order chi connectivity index (χ0) is 36.5. The topological polar surface area (TPSA) is 187 Å². The van der Waals surface area contributed by atoms with Crippen LogP contribution in [0.4, 0.5) is 22.8 Å². The number of nitrogens with zero attached hydrogens (tertiary/aromatic N) is 3. The lowest BCUT2D eigenvalue weighted by Crippen LogP contribution is -2.57. The highest BCUT2D eigenvalue weighted by Crippen LogP contribution is 2.39. The Bertz CT molecular complexity index is 1570. The van der Waals surface area contributed by atoms with Crippen molar-refractivity contribution in [3.63, 3.8) is 0 Å². The normalized spacial score (nSPS) is 21.1. The highest BCUT2D eigenvalue weighted by Gasteiger charge is 2.47. The molecule has 0 radical (unpaired) electrons. The van der Waals surface area contributed by atoms with Gasteiger partial charge in [-0.25, -0.2) is 27.7 Å². The van der Waals surface area contributed by atoms with Crippen LogP contribution in [0.25, 0.3) is 11.3 Å². The van der Waals surface area contributed by atoms with Crippen molar-refractivity contribution in [3.05, 3.63) is 54.0 Å². The number of nitrogens with one attached hydrogen (secondary N) is 4. The number of H-pyrrole nitrogens is 1. The molecule has 4 unspecified atom stereocenters. The molecule has 5 N–H and O–H groups in total. The summed E-state index contributed by atoms with van der Waals surface area (Å²) in [6.07, 6.45) is 1.76. The zero-order valence-corrected chi connectivity index (χ0v) is 28.0. The van der Waals surface area contributed by atoms with Crippen LogP contribution in [0.15, 0.2) is 36.5 Å². The first-order valence-corrected chi connectivity index (χ1v) is 16.7. The number of amides is 5. The second-order valence-corrected chi connectivity index (χ2v) is 12.7. The first-order chi connectivity index (χ1) is 24.4. The third kappa shape index (κ3) is 9.63. The van der Waals surface area contributed by atoms with Gasteiger partial charge in [0, 0.05) is 75.9 Å². The summed E-state index contributed by atoms with van der Waals surface area (Å²) in [5, 5.41) is 20.2. The van der Waals surface area contributed by atoms with Gasteiger partial charge < -0.3 is 45.2 Å². The van der Waals surface area contributed by atoms with Gasteiger partial charge in [-0.3, -0.25) is 14.5 Å². The predicted molar refractivity (Wildman–Crippen MR) is 174 cm³/mol. The molecule has 278 valence electrons. The molecule has 4 atom stereocenters. The van der Waals surface area contributed by atoms with Crippen molar-refractivity contribution in [2.45, 2.75) is 43.6 Å². The lowest BCUT2D eigenvalue weighted by Gasteiger charge is -2.44. The number of rotatable bonds is 15. The number of imidazole rings is 1. The molecule has 3 aliphatic rings. The van der Waals surface area contributed by atoms with Gasteiger partial charge in [0.25, 0.3) is 11.8 Å². The van der Waals surface area contributed by atoms with E-state index in [0.29, 0.717) is 0 Å². The van der Waals surface area contributed by atoms with Gasteiger partial charge in [0.05, 0.1) is 43.3 Å². The number of alkyl halides is 1. The minimum absolute atomic E-state index is 0.0714. The Kier molecular flexibility index (Phi) is 12.7. The maximum atomic E-state index is 15.0. The van der Waals surface area contributed by atoms with Gasteiger partial charge >= 0.3 is 12.1 Å². The van der Waals surface area contributed by atoms with E-state index in [9.17, 15) is 37.5 Å². The van der Waals surface area contributed by atoms with Crippen LogP contribution in [-0.4, -0.2) is 132 Å². The van der Waals surface area contributed by atoms with Crippen molar-refractivity contribution in [3.8, 4) is 11.3 Å². The standard InChI is InChI=1S/C33H42F3N7O8/c1-20(19-51-32(47)38-8-12-50-13-9-42-27(44)4-5-28(42)45)40-31(46)43(18-21-15-37-16-25(21)36)29(33(48)6-10-49-11-7-33)30-39-17-26(41-30)23-14-22(34)2-3-24(23)35/h2-5,14,17,20-21,25,29,37,48H,6-13,15-16,18-19H2,1H3,(H,38,47)(H,39,41)(H,40,46). The van der Waals surface area contributed by atoms with Crippen molar-refractivity contribution in [2.24, 2.45) is 5.92 Å². The molecule has 4 heterocycles. The Balaban J connectivity index is 1.23. The van der Waals surface area contributed by atoms with E-state index in [0.717, 1.165) is 23.1 Å². The van der Waals surface area contributed by atoms with Gasteiger partial charge in [-0.05, 0) is 25.1 Å². The second kappa shape index (κ2) is 17.1. The molecule has 0 aliphatic carbocycles. The quantitative estimate of drug-likeness (QED) is 0.134. The van der Waals surface area contributed by atoms with Crippen LogP contribution in [0.2, 0.25) is 0 Å². The van der Waals surface area contributed by atoms with E-state index in [1.807, 2.05) is 0 Å². The number of urea groups is 1. The molecule has 2 aromatic rings. The Morgan fingerprint density at radius 2 is 1.92 bits per heavy atom. The lowest BCUT2D eigenvalue weighted by atomic mass is 9.84. The van der Waals surface area contributed by atoms with Crippen LogP contribution in [0.3, 0.4) is 0 Å². The molecule has 1 aromatic heterocycles. The molecule has 5 amide bonds. The summed E-state index contributed by atoms with van der Waals surface area (Å²) < 4.78 is 59.8. The van der Waals surface area contributed by atoms with Crippen LogP contribution in [0.1, 0.15) is 31.6 Å². The van der Waals surface area contributed by atoms with Crippen molar-refractivity contribution >= 4 is 23.9 Å². The van der Waals surface area contributed by atoms with E-state index in [4.69, 9.17) is 14.2 Å². The summed E-state index contributed by atoms with van der Waals surface area (Å²) in [5.74, 6) is -2.78. The van der Waals surface area contributed by atoms with Gasteiger partial charge in [0.1, 0.15) is 36.3 Å². The molecule has 0 bridgehead atoms. The largest absolute Gasteiger partial charge is 0.447 e. The predicted octanol–water partition coefficient (Wildman–Crippen LogP) is 1.56. The number of carbonyl (C=O) groups is 4. The molecular formula is C33H42F3N7O8. The third-order valence-electron chi connectivity index (χ3n) is 8.91. The van der Waals surface area contributed by atoms with E-state index in [1.54, 1.807) is 6.92 Å². The Labute approximate surface area is 291 Å².